The molecule has 1 aliphatic rings. The van der Waals surface area contributed by atoms with Crippen LogP contribution < -0.4 is 5.73 Å². The van der Waals surface area contributed by atoms with Gasteiger partial charge in [-0.15, -0.1) is 0 Å². The first kappa shape index (κ1) is 10.9. The summed E-state index contributed by atoms with van der Waals surface area (Å²) in [6.45, 7) is 1.56. The zero-order valence-corrected chi connectivity index (χ0v) is 9.50. The number of carbonyl (C=O) groups is 1. The number of nitrogens with two attached hydrogens (primary N) is 1. The molecule has 84 valence electrons. The molecule has 5 heteroatoms. The van der Waals surface area contributed by atoms with Crippen molar-refractivity contribution in [1.29, 1.82) is 0 Å². The number of thiocarbonyl (C=S) groups is 1. The van der Waals surface area contributed by atoms with E-state index in [-0.39, 0.29) is 6.09 Å². The van der Waals surface area contributed by atoms with Crippen LogP contribution in [-0.4, -0.2) is 29.1 Å². The fraction of sp³-hybridized carbons (Fsp3) is 0.273. The van der Waals surface area contributed by atoms with Crippen molar-refractivity contribution >= 4 is 23.3 Å². The van der Waals surface area contributed by atoms with Gasteiger partial charge in [0.1, 0.15) is 11.6 Å². The third-order valence-corrected chi connectivity index (χ3v) is 2.71. The highest BCUT2D eigenvalue weighted by molar-refractivity contribution is 7.80. The Morgan fingerprint density at radius 1 is 1.50 bits per heavy atom. The molecular formula is C11H12N2O2S. The molecule has 0 aliphatic carbocycles. The molecule has 1 aliphatic heterocycles. The van der Waals surface area contributed by atoms with E-state index in [1.54, 1.807) is 4.90 Å². The number of carbonyl (C=O) groups excluding carboxylic acids is 1. The number of nitrogens with zero attached hydrogens (tertiary/aromatic N) is 1. The van der Waals surface area contributed by atoms with Gasteiger partial charge >= 0.3 is 6.09 Å². The van der Waals surface area contributed by atoms with Gasteiger partial charge in [0.05, 0.1) is 6.54 Å². The number of amides is 1. The second kappa shape index (κ2) is 4.49. The van der Waals surface area contributed by atoms with E-state index >= 15 is 0 Å². The molecular weight excluding hydrogens is 224 g/mol. The summed E-state index contributed by atoms with van der Waals surface area (Å²) >= 11 is 4.96. The van der Waals surface area contributed by atoms with Crippen molar-refractivity contribution in [1.82, 2.24) is 4.90 Å². The van der Waals surface area contributed by atoms with Gasteiger partial charge in [0.25, 0.3) is 0 Å². The van der Waals surface area contributed by atoms with Crippen molar-refractivity contribution in [2.75, 3.05) is 13.2 Å². The summed E-state index contributed by atoms with van der Waals surface area (Å²) in [6, 6.07) is 7.55. The Labute approximate surface area is 99.0 Å². The van der Waals surface area contributed by atoms with E-state index < -0.39 is 0 Å². The first-order chi connectivity index (χ1) is 7.68. The Hall–Kier alpha value is -1.62. The number of rotatable bonds is 3. The van der Waals surface area contributed by atoms with Crippen LogP contribution in [0.3, 0.4) is 0 Å². The van der Waals surface area contributed by atoms with Gasteiger partial charge in [-0.3, -0.25) is 0 Å². The van der Waals surface area contributed by atoms with Crippen LogP contribution in [0, 0.1) is 0 Å². The standard InChI is InChI=1S/C11H12N2O2S/c12-10(16)9-4-2-1-3-8(9)7-13-5-6-15-11(13)14/h1-4H,5-7H2,(H2,12,16). The number of cyclic esters (lactones) is 1. The Kier molecular flexibility index (Phi) is 3.05. The van der Waals surface area contributed by atoms with E-state index in [0.717, 1.165) is 11.1 Å². The SMILES string of the molecule is NC(=S)c1ccccc1CN1CCOC1=O. The second-order valence-corrected chi connectivity index (χ2v) is 4.00. The van der Waals surface area contributed by atoms with Gasteiger partial charge in [0.15, 0.2) is 0 Å². The topological polar surface area (TPSA) is 55.6 Å². The molecule has 2 rings (SSSR count). The Bertz CT molecular complexity index is 434. The predicted molar refractivity (Wildman–Crippen MR) is 64.1 cm³/mol. The zero-order valence-electron chi connectivity index (χ0n) is 8.68. The van der Waals surface area contributed by atoms with Crippen LogP contribution in [0.15, 0.2) is 24.3 Å². The van der Waals surface area contributed by atoms with Crippen molar-refractivity contribution in [2.24, 2.45) is 5.73 Å². The van der Waals surface area contributed by atoms with E-state index in [4.69, 9.17) is 22.7 Å². The molecule has 4 nitrogen and oxygen atoms in total. The quantitative estimate of drug-likeness (QED) is 0.803. The third kappa shape index (κ3) is 2.14. The minimum atomic E-state index is -0.280. The lowest BCUT2D eigenvalue weighted by Crippen LogP contribution is -2.25. The highest BCUT2D eigenvalue weighted by Gasteiger charge is 2.22. The van der Waals surface area contributed by atoms with Crippen molar-refractivity contribution in [3.05, 3.63) is 35.4 Å². The number of hydrogen-bond donors (Lipinski definition) is 1. The molecule has 0 atom stereocenters. The summed E-state index contributed by atoms with van der Waals surface area (Å²) in [6.07, 6.45) is -0.280. The van der Waals surface area contributed by atoms with Crippen molar-refractivity contribution in [2.45, 2.75) is 6.54 Å². The monoisotopic (exact) mass is 236 g/mol. The van der Waals surface area contributed by atoms with E-state index in [1.165, 1.54) is 0 Å². The molecule has 1 fully saturated rings. The summed E-state index contributed by atoms with van der Waals surface area (Å²) in [5.74, 6) is 0. The lowest BCUT2D eigenvalue weighted by Gasteiger charge is -2.15. The average molecular weight is 236 g/mol. The van der Waals surface area contributed by atoms with Crippen LogP contribution in [0.4, 0.5) is 4.79 Å². The van der Waals surface area contributed by atoms with Crippen LogP contribution in [0.1, 0.15) is 11.1 Å². The minimum absolute atomic E-state index is 0.280. The highest BCUT2D eigenvalue weighted by Crippen LogP contribution is 2.14. The predicted octanol–water partition coefficient (Wildman–Crippen LogP) is 1.27. The largest absolute Gasteiger partial charge is 0.448 e. The molecule has 0 spiro atoms. The van der Waals surface area contributed by atoms with E-state index in [1.807, 2.05) is 24.3 Å². The number of benzene rings is 1. The molecule has 0 bridgehead atoms. The molecule has 16 heavy (non-hydrogen) atoms. The molecule has 1 aromatic carbocycles. The van der Waals surface area contributed by atoms with Gasteiger partial charge in [0.2, 0.25) is 0 Å². The van der Waals surface area contributed by atoms with Gasteiger partial charge in [-0.2, -0.15) is 0 Å². The first-order valence-electron chi connectivity index (χ1n) is 4.98. The summed E-state index contributed by atoms with van der Waals surface area (Å²) < 4.78 is 4.86. The van der Waals surface area contributed by atoms with Crippen molar-refractivity contribution in [3.63, 3.8) is 0 Å². The third-order valence-electron chi connectivity index (χ3n) is 2.49. The number of ether oxygens (including phenoxy) is 1. The molecule has 1 heterocycles. The fourth-order valence-corrected chi connectivity index (χ4v) is 1.87. The molecule has 2 N–H and O–H groups in total. The highest BCUT2D eigenvalue weighted by atomic mass is 32.1. The lowest BCUT2D eigenvalue weighted by atomic mass is 10.1. The molecule has 1 aromatic rings. The molecule has 0 aromatic heterocycles. The maximum atomic E-state index is 11.3. The zero-order chi connectivity index (χ0) is 11.5. The second-order valence-electron chi connectivity index (χ2n) is 3.56. The fourth-order valence-electron chi connectivity index (χ4n) is 1.67. The summed E-state index contributed by atoms with van der Waals surface area (Å²) in [5, 5.41) is 0. The normalized spacial score (nSPS) is 15.0. The van der Waals surface area contributed by atoms with Gasteiger partial charge in [-0.1, -0.05) is 36.5 Å². The van der Waals surface area contributed by atoms with E-state index in [2.05, 4.69) is 0 Å². The lowest BCUT2D eigenvalue weighted by molar-refractivity contribution is 0.157. The molecule has 0 unspecified atom stereocenters. The van der Waals surface area contributed by atoms with Crippen LogP contribution in [-0.2, 0) is 11.3 Å². The van der Waals surface area contributed by atoms with Crippen LogP contribution in [0.25, 0.3) is 0 Å². The van der Waals surface area contributed by atoms with Gasteiger partial charge in [-0.05, 0) is 5.56 Å². The van der Waals surface area contributed by atoms with Gasteiger partial charge < -0.3 is 15.4 Å². The molecule has 1 saturated heterocycles. The Morgan fingerprint density at radius 2 is 2.25 bits per heavy atom. The van der Waals surface area contributed by atoms with Crippen molar-refractivity contribution in [3.8, 4) is 0 Å². The Morgan fingerprint density at radius 3 is 2.88 bits per heavy atom. The smallest absolute Gasteiger partial charge is 0.410 e. The van der Waals surface area contributed by atoms with Crippen LogP contribution in [0.5, 0.6) is 0 Å². The summed E-state index contributed by atoms with van der Waals surface area (Å²) in [5.41, 5.74) is 7.39. The van der Waals surface area contributed by atoms with Gasteiger partial charge in [-0.25, -0.2) is 4.79 Å². The van der Waals surface area contributed by atoms with Crippen LogP contribution >= 0.6 is 12.2 Å². The molecule has 1 amide bonds. The van der Waals surface area contributed by atoms with E-state index in [9.17, 15) is 4.79 Å². The van der Waals surface area contributed by atoms with Gasteiger partial charge in [0, 0.05) is 12.1 Å². The summed E-state index contributed by atoms with van der Waals surface area (Å²) in [4.78, 5) is 13.3. The summed E-state index contributed by atoms with van der Waals surface area (Å²) in [7, 11) is 0. The average Bonchev–Trinajstić information content (AvgIpc) is 2.65. The van der Waals surface area contributed by atoms with Crippen LogP contribution in [0.2, 0.25) is 0 Å². The maximum Gasteiger partial charge on any atom is 0.410 e. The molecule has 0 saturated carbocycles. The number of hydrogen-bond acceptors (Lipinski definition) is 3. The van der Waals surface area contributed by atoms with E-state index in [0.29, 0.717) is 24.7 Å². The maximum absolute atomic E-state index is 11.3. The minimum Gasteiger partial charge on any atom is -0.448 e. The first-order valence-corrected chi connectivity index (χ1v) is 5.38. The molecule has 0 radical (unpaired) electrons. The Balaban J connectivity index is 2.20. The van der Waals surface area contributed by atoms with Crippen molar-refractivity contribution < 1.29 is 9.53 Å².